The van der Waals surface area contributed by atoms with Crippen LogP contribution in [0.3, 0.4) is 0 Å². The molecule has 0 bridgehead atoms. The van der Waals surface area contributed by atoms with Crippen LogP contribution in [-0.4, -0.2) is 14.2 Å². The number of hydrogen-bond donors (Lipinski definition) is 1. The molecule has 0 atom stereocenters. The van der Waals surface area contributed by atoms with E-state index in [-0.39, 0.29) is 22.5 Å². The van der Waals surface area contributed by atoms with E-state index in [2.05, 4.69) is 0 Å². The van der Waals surface area contributed by atoms with E-state index in [1.54, 1.807) is 0 Å². The quantitative estimate of drug-likeness (QED) is 0.280. The molecule has 0 radical (unpaired) electrons. The van der Waals surface area contributed by atoms with Gasteiger partial charge in [0.15, 0.2) is 11.5 Å². The van der Waals surface area contributed by atoms with Crippen molar-refractivity contribution < 1.29 is 17.4 Å². The first kappa shape index (κ1) is 24.3. The number of rotatable bonds is 8. The normalized spacial score (nSPS) is 15.3. The average Bonchev–Trinajstić information content (AvgIpc) is 2.73. The van der Waals surface area contributed by atoms with Gasteiger partial charge in [0, 0.05) is 23.2 Å². The molecule has 0 heterocycles. The molecule has 1 fully saturated rings. The van der Waals surface area contributed by atoms with Crippen molar-refractivity contribution in [2.75, 3.05) is 5.73 Å². The van der Waals surface area contributed by atoms with Gasteiger partial charge in [0.25, 0.3) is 0 Å². The van der Waals surface area contributed by atoms with Crippen LogP contribution in [0.5, 0.6) is 5.75 Å². The van der Waals surface area contributed by atoms with Crippen molar-refractivity contribution in [3.05, 3.63) is 53.1 Å². The van der Waals surface area contributed by atoms with Crippen molar-refractivity contribution in [1.29, 1.82) is 0 Å². The minimum Gasteiger partial charge on any atom is -0.399 e. The molecule has 1 aliphatic rings. The fraction of sp³-hybridized carbons (Fsp3) is 0.500. The van der Waals surface area contributed by atoms with Gasteiger partial charge in [-0.05, 0) is 47.6 Å². The molecule has 5 nitrogen and oxygen atoms in total. The van der Waals surface area contributed by atoms with E-state index < -0.39 is 10.1 Å². The molecule has 0 saturated heterocycles. The zero-order valence-electron chi connectivity index (χ0n) is 19.6. The summed E-state index contributed by atoms with van der Waals surface area (Å²) in [7, 11) is -4.08. The predicted octanol–water partition coefficient (Wildman–Crippen LogP) is 6.44. The van der Waals surface area contributed by atoms with Crippen LogP contribution in [-0.2, 0) is 10.1 Å². The lowest BCUT2D eigenvalue weighted by Crippen LogP contribution is -2.18. The molecule has 0 amide bonds. The molecule has 0 aromatic heterocycles. The maximum absolute atomic E-state index is 13.3. The Balaban J connectivity index is 2.05. The molecular weight excluding hydrogens is 422 g/mol. The van der Waals surface area contributed by atoms with E-state index in [0.717, 1.165) is 18.4 Å². The highest BCUT2D eigenvalue weighted by Crippen LogP contribution is 2.40. The molecular formula is C26H35NO4S. The van der Waals surface area contributed by atoms with Crippen LogP contribution in [0.4, 0.5) is 5.69 Å². The minimum absolute atomic E-state index is 0.0339. The van der Waals surface area contributed by atoms with Gasteiger partial charge < -0.3 is 9.92 Å². The predicted molar refractivity (Wildman–Crippen MR) is 129 cm³/mol. The van der Waals surface area contributed by atoms with E-state index in [9.17, 15) is 13.2 Å². The van der Waals surface area contributed by atoms with Gasteiger partial charge in [0.2, 0.25) is 0 Å². The molecule has 2 aromatic rings. The highest BCUT2D eigenvalue weighted by molar-refractivity contribution is 7.87. The summed E-state index contributed by atoms with van der Waals surface area (Å²) in [6.07, 6.45) is 6.27. The van der Waals surface area contributed by atoms with Crippen LogP contribution in [0, 0.1) is 5.92 Å². The second kappa shape index (κ2) is 10.1. The maximum Gasteiger partial charge on any atom is 0.339 e. The number of ketones is 1. The lowest BCUT2D eigenvalue weighted by molar-refractivity contribution is 0.0948. The number of benzene rings is 2. The van der Waals surface area contributed by atoms with E-state index in [1.807, 2.05) is 39.8 Å². The van der Waals surface area contributed by atoms with E-state index in [0.29, 0.717) is 34.9 Å². The van der Waals surface area contributed by atoms with Gasteiger partial charge in [-0.1, -0.05) is 71.9 Å². The van der Waals surface area contributed by atoms with Crippen molar-refractivity contribution in [2.45, 2.75) is 83.0 Å². The second-order valence-corrected chi connectivity index (χ2v) is 11.0. The van der Waals surface area contributed by atoms with Crippen molar-refractivity contribution in [1.82, 2.24) is 0 Å². The number of nitrogens with two attached hydrogens (primary N) is 1. The number of hydrogen-bond acceptors (Lipinski definition) is 5. The second-order valence-electron chi connectivity index (χ2n) is 9.49. The average molecular weight is 458 g/mol. The number of nitrogen functional groups attached to an aromatic ring is 1. The standard InChI is InChI=1S/C26H35NO4S/c1-17(2)22-14-15-23(24(28)16-19-8-6-5-7-9-19)25(18(3)4)26(22)31-32(29,30)21-12-10-20(27)11-13-21/h10-15,17-19H,5-9,16,27H2,1-4H3. The first-order chi connectivity index (χ1) is 15.1. The molecule has 0 spiro atoms. The third kappa shape index (κ3) is 5.52. The van der Waals surface area contributed by atoms with Gasteiger partial charge >= 0.3 is 10.1 Å². The molecule has 1 aliphatic carbocycles. The smallest absolute Gasteiger partial charge is 0.339 e. The molecule has 174 valence electrons. The molecule has 3 rings (SSSR count). The fourth-order valence-corrected chi connectivity index (χ4v) is 5.51. The van der Waals surface area contributed by atoms with Crippen LogP contribution >= 0.6 is 0 Å². The third-order valence-electron chi connectivity index (χ3n) is 6.29. The number of anilines is 1. The Bertz CT molecular complexity index is 1050. The summed E-state index contributed by atoms with van der Waals surface area (Å²) in [4.78, 5) is 13.4. The SMILES string of the molecule is CC(C)c1ccc(C(=O)CC2CCCCC2)c(C(C)C)c1OS(=O)(=O)c1ccc(N)cc1. The maximum atomic E-state index is 13.3. The Morgan fingerprint density at radius 1 is 0.969 bits per heavy atom. The summed E-state index contributed by atoms with van der Waals surface area (Å²) in [5, 5.41) is 0. The Hall–Kier alpha value is -2.34. The van der Waals surface area contributed by atoms with Gasteiger partial charge in [-0.3, -0.25) is 4.79 Å². The van der Waals surface area contributed by atoms with Gasteiger partial charge in [0.05, 0.1) is 0 Å². The van der Waals surface area contributed by atoms with Gasteiger partial charge in [-0.2, -0.15) is 8.42 Å². The van der Waals surface area contributed by atoms with E-state index in [4.69, 9.17) is 9.92 Å². The Kier molecular flexibility index (Phi) is 7.65. The number of carbonyl (C=O) groups is 1. The minimum atomic E-state index is -4.08. The molecule has 1 saturated carbocycles. The zero-order valence-corrected chi connectivity index (χ0v) is 20.4. The van der Waals surface area contributed by atoms with E-state index >= 15 is 0 Å². The van der Waals surface area contributed by atoms with Crippen LogP contribution in [0.25, 0.3) is 0 Å². The Labute approximate surface area is 192 Å². The largest absolute Gasteiger partial charge is 0.399 e. The molecule has 2 N–H and O–H groups in total. The molecule has 0 aliphatic heterocycles. The first-order valence-electron chi connectivity index (χ1n) is 11.6. The molecule has 32 heavy (non-hydrogen) atoms. The van der Waals surface area contributed by atoms with Crippen LogP contribution in [0.2, 0.25) is 0 Å². The first-order valence-corrected chi connectivity index (χ1v) is 13.0. The van der Waals surface area contributed by atoms with Gasteiger partial charge in [-0.25, -0.2) is 0 Å². The third-order valence-corrected chi connectivity index (χ3v) is 7.52. The Morgan fingerprint density at radius 2 is 1.59 bits per heavy atom. The summed E-state index contributed by atoms with van der Waals surface area (Å²) in [6, 6.07) is 9.65. The topological polar surface area (TPSA) is 86.5 Å². The lowest BCUT2D eigenvalue weighted by Gasteiger charge is -2.24. The van der Waals surface area contributed by atoms with Gasteiger partial charge in [0.1, 0.15) is 4.90 Å². The lowest BCUT2D eigenvalue weighted by atomic mass is 9.82. The molecule has 2 aromatic carbocycles. The summed E-state index contributed by atoms with van der Waals surface area (Å²) >= 11 is 0. The highest BCUT2D eigenvalue weighted by atomic mass is 32.2. The highest BCUT2D eigenvalue weighted by Gasteiger charge is 2.28. The van der Waals surface area contributed by atoms with Crippen molar-refractivity contribution in [3.63, 3.8) is 0 Å². The van der Waals surface area contributed by atoms with Crippen LogP contribution in [0.15, 0.2) is 41.3 Å². The number of Topliss-reactive ketones (excluding diaryl/α,β-unsaturated/α-hetero) is 1. The molecule has 6 heteroatoms. The summed E-state index contributed by atoms with van der Waals surface area (Å²) in [6.45, 7) is 7.93. The van der Waals surface area contributed by atoms with Crippen molar-refractivity contribution >= 4 is 21.6 Å². The summed E-state index contributed by atoms with van der Waals surface area (Å²) < 4.78 is 32.0. The zero-order chi connectivity index (χ0) is 23.5. The van der Waals surface area contributed by atoms with Crippen molar-refractivity contribution in [2.24, 2.45) is 5.92 Å². The van der Waals surface area contributed by atoms with Crippen LogP contribution in [0.1, 0.15) is 99.5 Å². The Morgan fingerprint density at radius 3 is 2.16 bits per heavy atom. The van der Waals surface area contributed by atoms with Crippen molar-refractivity contribution in [3.8, 4) is 5.75 Å². The fourth-order valence-electron chi connectivity index (χ4n) is 4.54. The summed E-state index contributed by atoms with van der Waals surface area (Å²) in [5.41, 5.74) is 8.22. The van der Waals surface area contributed by atoms with E-state index in [1.165, 1.54) is 43.5 Å². The monoisotopic (exact) mass is 457 g/mol. The summed E-state index contributed by atoms with van der Waals surface area (Å²) in [5.74, 6) is 0.734. The van der Waals surface area contributed by atoms with Crippen LogP contribution < -0.4 is 9.92 Å². The number of carbonyl (C=O) groups excluding carboxylic acids is 1. The van der Waals surface area contributed by atoms with Gasteiger partial charge in [-0.15, -0.1) is 0 Å². The molecule has 0 unspecified atom stereocenters.